The number of aliphatic hydroxyl groups excluding tert-OH is 1. The van der Waals surface area contributed by atoms with Crippen LogP contribution < -0.4 is 14.8 Å². The molecule has 0 amide bonds. The highest BCUT2D eigenvalue weighted by Gasteiger charge is 2.15. The normalized spacial score (nSPS) is 17.8. The van der Waals surface area contributed by atoms with Crippen LogP contribution in [0.15, 0.2) is 18.2 Å². The Hall–Kier alpha value is -1.30. The molecule has 2 N–H and O–H groups in total. The molecule has 0 spiro atoms. The Labute approximate surface area is 120 Å². The second kappa shape index (κ2) is 7.47. The lowest BCUT2D eigenvalue weighted by Crippen LogP contribution is -2.44. The largest absolute Gasteiger partial charge is 0.493 e. The van der Waals surface area contributed by atoms with Crippen molar-refractivity contribution in [3.63, 3.8) is 0 Å². The molecule has 5 nitrogen and oxygen atoms in total. The van der Waals surface area contributed by atoms with Crippen molar-refractivity contribution in [3.8, 4) is 11.5 Å². The van der Waals surface area contributed by atoms with Crippen LogP contribution in [0.25, 0.3) is 0 Å². The fourth-order valence-electron chi connectivity index (χ4n) is 2.47. The highest BCUT2D eigenvalue weighted by Crippen LogP contribution is 2.30. The maximum atomic E-state index is 10.3. The van der Waals surface area contributed by atoms with E-state index in [0.717, 1.165) is 44.7 Å². The summed E-state index contributed by atoms with van der Waals surface area (Å²) in [7, 11) is 3.22. The molecule has 1 aromatic rings. The number of methoxy groups -OCH3 is 2. The Kier molecular flexibility index (Phi) is 5.64. The minimum absolute atomic E-state index is 0.468. The Balaban J connectivity index is 1.92. The summed E-state index contributed by atoms with van der Waals surface area (Å²) in [5.41, 5.74) is 0.873. The molecule has 1 aliphatic rings. The lowest BCUT2D eigenvalue weighted by molar-refractivity contribution is 0.136. The van der Waals surface area contributed by atoms with Crippen LogP contribution in [0.4, 0.5) is 0 Å². The van der Waals surface area contributed by atoms with Gasteiger partial charge in [-0.2, -0.15) is 0 Å². The number of nitrogens with one attached hydrogen (secondary N) is 1. The highest BCUT2D eigenvalue weighted by molar-refractivity contribution is 5.43. The van der Waals surface area contributed by atoms with Crippen LogP contribution in [0, 0.1) is 0 Å². The zero-order valence-electron chi connectivity index (χ0n) is 12.3. The average molecular weight is 280 g/mol. The van der Waals surface area contributed by atoms with Crippen LogP contribution in [0.5, 0.6) is 11.5 Å². The van der Waals surface area contributed by atoms with E-state index in [1.165, 1.54) is 0 Å². The molecule has 1 heterocycles. The van der Waals surface area contributed by atoms with Crippen molar-refractivity contribution in [3.05, 3.63) is 23.8 Å². The van der Waals surface area contributed by atoms with Crippen LogP contribution in [0.3, 0.4) is 0 Å². The minimum Gasteiger partial charge on any atom is -0.493 e. The fraction of sp³-hybridized carbons (Fsp3) is 0.600. The summed E-state index contributed by atoms with van der Waals surface area (Å²) in [6.45, 7) is 5.09. The average Bonchev–Trinajstić information content (AvgIpc) is 2.52. The SMILES string of the molecule is COc1ccc(C(O)CCN2CCNCC2)cc1OC. The second-order valence-electron chi connectivity index (χ2n) is 5.01. The molecule has 0 bridgehead atoms. The Morgan fingerprint density at radius 3 is 2.55 bits per heavy atom. The van der Waals surface area contributed by atoms with Gasteiger partial charge in [-0.25, -0.2) is 0 Å². The van der Waals surface area contributed by atoms with E-state index >= 15 is 0 Å². The predicted molar refractivity (Wildman–Crippen MR) is 78.4 cm³/mol. The maximum absolute atomic E-state index is 10.3. The highest BCUT2D eigenvalue weighted by atomic mass is 16.5. The first-order chi connectivity index (χ1) is 9.74. The molecule has 1 saturated heterocycles. The van der Waals surface area contributed by atoms with Crippen LogP contribution in [-0.4, -0.2) is 56.9 Å². The third kappa shape index (κ3) is 3.85. The minimum atomic E-state index is -0.468. The van der Waals surface area contributed by atoms with E-state index in [1.54, 1.807) is 14.2 Å². The summed E-state index contributed by atoms with van der Waals surface area (Å²) in [4.78, 5) is 2.38. The van der Waals surface area contributed by atoms with Gasteiger partial charge in [0.05, 0.1) is 20.3 Å². The molecule has 5 heteroatoms. The van der Waals surface area contributed by atoms with Gasteiger partial charge in [-0.15, -0.1) is 0 Å². The van der Waals surface area contributed by atoms with Gasteiger partial charge in [-0.05, 0) is 24.1 Å². The van der Waals surface area contributed by atoms with Gasteiger partial charge in [0.15, 0.2) is 11.5 Å². The van der Waals surface area contributed by atoms with Gasteiger partial charge in [0.2, 0.25) is 0 Å². The van der Waals surface area contributed by atoms with Gasteiger partial charge >= 0.3 is 0 Å². The number of piperazine rings is 1. The van der Waals surface area contributed by atoms with Crippen molar-refractivity contribution < 1.29 is 14.6 Å². The molecule has 0 aliphatic carbocycles. The molecule has 1 fully saturated rings. The zero-order valence-corrected chi connectivity index (χ0v) is 12.3. The van der Waals surface area contributed by atoms with Crippen molar-refractivity contribution in [2.75, 3.05) is 46.9 Å². The number of ether oxygens (including phenoxy) is 2. The van der Waals surface area contributed by atoms with Crippen molar-refractivity contribution in [2.24, 2.45) is 0 Å². The molecule has 112 valence electrons. The summed E-state index contributed by atoms with van der Waals surface area (Å²) in [6.07, 6.45) is 0.264. The Bertz CT molecular complexity index is 420. The van der Waals surface area contributed by atoms with Gasteiger partial charge in [-0.1, -0.05) is 6.07 Å². The fourth-order valence-corrected chi connectivity index (χ4v) is 2.47. The van der Waals surface area contributed by atoms with Crippen molar-refractivity contribution >= 4 is 0 Å². The molecule has 1 aromatic carbocycles. The molecule has 0 aromatic heterocycles. The predicted octanol–water partition coefficient (Wildman–Crippen LogP) is 1.03. The summed E-state index contributed by atoms with van der Waals surface area (Å²) in [6, 6.07) is 5.58. The molecule has 20 heavy (non-hydrogen) atoms. The van der Waals surface area contributed by atoms with E-state index in [4.69, 9.17) is 9.47 Å². The van der Waals surface area contributed by atoms with Gasteiger partial charge < -0.3 is 24.8 Å². The smallest absolute Gasteiger partial charge is 0.161 e. The Morgan fingerprint density at radius 2 is 1.90 bits per heavy atom. The lowest BCUT2D eigenvalue weighted by atomic mass is 10.1. The maximum Gasteiger partial charge on any atom is 0.161 e. The zero-order chi connectivity index (χ0) is 14.4. The number of benzene rings is 1. The van der Waals surface area contributed by atoms with Crippen LogP contribution in [-0.2, 0) is 0 Å². The third-order valence-electron chi connectivity index (χ3n) is 3.72. The topological polar surface area (TPSA) is 54.0 Å². The summed E-state index contributed by atoms with van der Waals surface area (Å²) in [5, 5.41) is 13.6. The van der Waals surface area contributed by atoms with Gasteiger partial charge in [-0.3, -0.25) is 0 Å². The van der Waals surface area contributed by atoms with Crippen molar-refractivity contribution in [1.29, 1.82) is 0 Å². The molecule has 0 radical (unpaired) electrons. The number of aliphatic hydroxyl groups is 1. The van der Waals surface area contributed by atoms with E-state index in [0.29, 0.717) is 11.5 Å². The van der Waals surface area contributed by atoms with Crippen LogP contribution in [0.1, 0.15) is 18.1 Å². The number of rotatable bonds is 6. The van der Waals surface area contributed by atoms with E-state index in [1.807, 2.05) is 18.2 Å². The molecular formula is C15H24N2O3. The second-order valence-corrected chi connectivity index (χ2v) is 5.01. The van der Waals surface area contributed by atoms with Crippen molar-refractivity contribution in [2.45, 2.75) is 12.5 Å². The number of nitrogens with zero attached hydrogens (tertiary/aromatic N) is 1. The summed E-state index contributed by atoms with van der Waals surface area (Å²) >= 11 is 0. The number of hydrogen-bond donors (Lipinski definition) is 2. The van der Waals surface area contributed by atoms with Gasteiger partial charge in [0, 0.05) is 32.7 Å². The molecule has 2 rings (SSSR count). The Morgan fingerprint density at radius 1 is 1.20 bits per heavy atom. The lowest BCUT2D eigenvalue weighted by Gasteiger charge is -2.28. The van der Waals surface area contributed by atoms with E-state index < -0.39 is 6.10 Å². The monoisotopic (exact) mass is 280 g/mol. The molecular weight excluding hydrogens is 256 g/mol. The first kappa shape index (κ1) is 15.1. The van der Waals surface area contributed by atoms with Crippen LogP contribution in [0.2, 0.25) is 0 Å². The quantitative estimate of drug-likeness (QED) is 0.815. The van der Waals surface area contributed by atoms with E-state index in [2.05, 4.69) is 10.2 Å². The van der Waals surface area contributed by atoms with Crippen molar-refractivity contribution in [1.82, 2.24) is 10.2 Å². The standard InChI is InChI=1S/C15H24N2O3/c1-19-14-4-3-12(11-15(14)20-2)13(18)5-8-17-9-6-16-7-10-17/h3-4,11,13,16,18H,5-10H2,1-2H3. The van der Waals surface area contributed by atoms with Crippen LogP contribution >= 0.6 is 0 Å². The first-order valence-corrected chi connectivity index (χ1v) is 7.07. The number of hydrogen-bond acceptors (Lipinski definition) is 5. The van der Waals surface area contributed by atoms with Gasteiger partial charge in [0.1, 0.15) is 0 Å². The molecule has 0 saturated carbocycles. The summed E-state index contributed by atoms with van der Waals surface area (Å²) < 4.78 is 10.5. The first-order valence-electron chi connectivity index (χ1n) is 7.07. The molecule has 1 aliphatic heterocycles. The molecule has 1 atom stereocenters. The van der Waals surface area contributed by atoms with Gasteiger partial charge in [0.25, 0.3) is 0 Å². The van der Waals surface area contributed by atoms with E-state index in [-0.39, 0.29) is 0 Å². The third-order valence-corrected chi connectivity index (χ3v) is 3.72. The van der Waals surface area contributed by atoms with E-state index in [9.17, 15) is 5.11 Å². The molecule has 1 unspecified atom stereocenters. The summed E-state index contributed by atoms with van der Waals surface area (Å²) in [5.74, 6) is 1.34.